The van der Waals surface area contributed by atoms with Gasteiger partial charge in [-0.3, -0.25) is 9.59 Å². The molecule has 0 bridgehead atoms. The lowest BCUT2D eigenvalue weighted by molar-refractivity contribution is -0.135. The lowest BCUT2D eigenvalue weighted by Crippen LogP contribution is -2.47. The van der Waals surface area contributed by atoms with Gasteiger partial charge in [0, 0.05) is 22.7 Å². The van der Waals surface area contributed by atoms with Gasteiger partial charge < -0.3 is 10.2 Å². The molecule has 0 saturated carbocycles. The maximum Gasteiger partial charge on any atom is 0.240 e. The van der Waals surface area contributed by atoms with E-state index in [1.54, 1.807) is 6.92 Å². The predicted octanol–water partition coefficient (Wildman–Crippen LogP) is 2.78. The number of nitrogens with one attached hydrogen (secondary N) is 1. The van der Waals surface area contributed by atoms with Gasteiger partial charge in [-0.25, -0.2) is 4.39 Å². The van der Waals surface area contributed by atoms with E-state index in [-0.39, 0.29) is 40.9 Å². The van der Waals surface area contributed by atoms with E-state index in [2.05, 4.69) is 5.32 Å². The molecule has 0 heterocycles. The Morgan fingerprint density at radius 1 is 1.32 bits per heavy atom. The second kappa shape index (κ2) is 7.58. The number of hydrogen-bond donors (Lipinski definition) is 1. The van der Waals surface area contributed by atoms with Gasteiger partial charge in [0.05, 0.1) is 13.0 Å². The van der Waals surface area contributed by atoms with Gasteiger partial charge in [0.15, 0.2) is 0 Å². The van der Waals surface area contributed by atoms with Gasteiger partial charge in [0.1, 0.15) is 5.82 Å². The number of likely N-dealkylation sites (N-methyl/N-ethyl adjacent to an activating group) is 1. The van der Waals surface area contributed by atoms with Crippen LogP contribution in [-0.2, 0) is 16.0 Å². The van der Waals surface area contributed by atoms with Crippen LogP contribution in [0.1, 0.15) is 33.3 Å². The minimum atomic E-state index is -0.518. The van der Waals surface area contributed by atoms with Crippen molar-refractivity contribution in [3.05, 3.63) is 34.6 Å². The smallest absolute Gasteiger partial charge is 0.240 e. The summed E-state index contributed by atoms with van der Waals surface area (Å²) in [5, 5.41) is 3.00. The number of carbonyl (C=O) groups is 2. The standard InChI is InChI=1S/C16H22ClFN2O2/c1-5-20(10-14(21)19-16(2,3)4)15(22)9-11-12(17)7-6-8-13(11)18/h6-8H,5,9-10H2,1-4H3,(H,19,21). The molecule has 0 aliphatic heterocycles. The van der Waals surface area contributed by atoms with Crippen molar-refractivity contribution in [3.8, 4) is 0 Å². The second-order valence-electron chi connectivity index (χ2n) is 6.08. The Hall–Kier alpha value is -1.62. The van der Waals surface area contributed by atoms with Crippen LogP contribution in [0.2, 0.25) is 5.02 Å². The lowest BCUT2D eigenvalue weighted by atomic mass is 10.1. The molecule has 122 valence electrons. The maximum absolute atomic E-state index is 13.7. The Morgan fingerprint density at radius 3 is 2.45 bits per heavy atom. The Bertz CT molecular complexity index is 535. The van der Waals surface area contributed by atoms with Gasteiger partial charge >= 0.3 is 0 Å². The summed E-state index contributed by atoms with van der Waals surface area (Å²) in [7, 11) is 0. The van der Waals surface area contributed by atoms with E-state index in [1.807, 2.05) is 20.8 Å². The first-order valence-electron chi connectivity index (χ1n) is 7.15. The molecule has 0 aromatic heterocycles. The van der Waals surface area contributed by atoms with Crippen LogP contribution in [0.15, 0.2) is 18.2 Å². The van der Waals surface area contributed by atoms with Crippen LogP contribution in [0, 0.1) is 5.82 Å². The zero-order valence-corrected chi connectivity index (χ0v) is 14.1. The summed E-state index contributed by atoms with van der Waals surface area (Å²) >= 11 is 5.92. The summed E-state index contributed by atoms with van der Waals surface area (Å²) in [6, 6.07) is 4.28. The fraction of sp³-hybridized carbons (Fsp3) is 0.500. The molecule has 0 aliphatic carbocycles. The first kappa shape index (κ1) is 18.4. The van der Waals surface area contributed by atoms with Gasteiger partial charge in [-0.15, -0.1) is 0 Å². The number of hydrogen-bond acceptors (Lipinski definition) is 2. The average Bonchev–Trinajstić information content (AvgIpc) is 2.38. The van der Waals surface area contributed by atoms with Crippen molar-refractivity contribution in [1.29, 1.82) is 0 Å². The van der Waals surface area contributed by atoms with E-state index in [0.717, 1.165) is 0 Å². The highest BCUT2D eigenvalue weighted by atomic mass is 35.5. The number of nitrogens with zero attached hydrogens (tertiary/aromatic N) is 1. The SMILES string of the molecule is CCN(CC(=O)NC(C)(C)C)C(=O)Cc1c(F)cccc1Cl. The highest BCUT2D eigenvalue weighted by molar-refractivity contribution is 6.31. The third-order valence-corrected chi connectivity index (χ3v) is 3.33. The van der Waals surface area contributed by atoms with Gasteiger partial charge in [-0.2, -0.15) is 0 Å². The van der Waals surface area contributed by atoms with Crippen LogP contribution < -0.4 is 5.32 Å². The summed E-state index contributed by atoms with van der Waals surface area (Å²) in [6.45, 7) is 7.67. The third-order valence-electron chi connectivity index (χ3n) is 2.97. The van der Waals surface area contributed by atoms with Gasteiger partial charge in [0.25, 0.3) is 0 Å². The Labute approximate surface area is 135 Å². The van der Waals surface area contributed by atoms with Crippen molar-refractivity contribution < 1.29 is 14.0 Å². The number of benzene rings is 1. The van der Waals surface area contributed by atoms with E-state index in [1.165, 1.54) is 23.1 Å². The zero-order chi connectivity index (χ0) is 16.9. The van der Waals surface area contributed by atoms with Gasteiger partial charge in [-0.05, 0) is 39.8 Å². The minimum absolute atomic E-state index is 0.0569. The van der Waals surface area contributed by atoms with Crippen molar-refractivity contribution in [1.82, 2.24) is 10.2 Å². The van der Waals surface area contributed by atoms with E-state index < -0.39 is 5.82 Å². The van der Waals surface area contributed by atoms with Crippen LogP contribution in [0.25, 0.3) is 0 Å². The van der Waals surface area contributed by atoms with Crippen molar-refractivity contribution in [3.63, 3.8) is 0 Å². The largest absolute Gasteiger partial charge is 0.350 e. The quantitative estimate of drug-likeness (QED) is 0.903. The van der Waals surface area contributed by atoms with Crippen LogP contribution in [0.4, 0.5) is 4.39 Å². The molecule has 2 amide bonds. The van der Waals surface area contributed by atoms with Crippen molar-refractivity contribution in [2.24, 2.45) is 0 Å². The van der Waals surface area contributed by atoms with E-state index in [4.69, 9.17) is 11.6 Å². The molecule has 1 rings (SSSR count). The van der Waals surface area contributed by atoms with E-state index >= 15 is 0 Å². The van der Waals surface area contributed by atoms with Crippen LogP contribution in [0.5, 0.6) is 0 Å². The zero-order valence-electron chi connectivity index (χ0n) is 13.4. The molecule has 4 nitrogen and oxygen atoms in total. The monoisotopic (exact) mass is 328 g/mol. The highest BCUT2D eigenvalue weighted by Crippen LogP contribution is 2.20. The van der Waals surface area contributed by atoms with Crippen LogP contribution in [-0.4, -0.2) is 35.3 Å². The molecule has 1 N–H and O–H groups in total. The summed E-state index contributed by atoms with van der Waals surface area (Å²) in [6.07, 6.45) is -0.165. The number of halogens is 2. The van der Waals surface area contributed by atoms with Crippen molar-refractivity contribution in [2.75, 3.05) is 13.1 Å². The minimum Gasteiger partial charge on any atom is -0.350 e. The number of amides is 2. The molecule has 0 unspecified atom stereocenters. The number of carbonyl (C=O) groups excluding carboxylic acids is 2. The third kappa shape index (κ3) is 5.64. The first-order valence-corrected chi connectivity index (χ1v) is 7.53. The molecule has 0 fully saturated rings. The highest BCUT2D eigenvalue weighted by Gasteiger charge is 2.21. The molecule has 0 aliphatic rings. The van der Waals surface area contributed by atoms with Crippen LogP contribution in [0.3, 0.4) is 0 Å². The molecule has 1 aromatic carbocycles. The Kier molecular flexibility index (Phi) is 6.35. The van der Waals surface area contributed by atoms with Crippen molar-refractivity contribution >= 4 is 23.4 Å². The molecule has 0 spiro atoms. The maximum atomic E-state index is 13.7. The summed E-state index contributed by atoms with van der Waals surface area (Å²) in [5.41, 5.74) is -0.210. The predicted molar refractivity (Wildman–Crippen MR) is 85.3 cm³/mol. The van der Waals surface area contributed by atoms with E-state index in [9.17, 15) is 14.0 Å². The van der Waals surface area contributed by atoms with Gasteiger partial charge in [-0.1, -0.05) is 17.7 Å². The van der Waals surface area contributed by atoms with E-state index in [0.29, 0.717) is 6.54 Å². The van der Waals surface area contributed by atoms with Gasteiger partial charge in [0.2, 0.25) is 11.8 Å². The number of rotatable bonds is 5. The lowest BCUT2D eigenvalue weighted by Gasteiger charge is -2.25. The molecule has 0 radical (unpaired) electrons. The molecule has 22 heavy (non-hydrogen) atoms. The average molecular weight is 329 g/mol. The first-order chi connectivity index (χ1) is 10.1. The topological polar surface area (TPSA) is 49.4 Å². The molecule has 0 saturated heterocycles. The second-order valence-corrected chi connectivity index (χ2v) is 6.49. The Morgan fingerprint density at radius 2 is 1.95 bits per heavy atom. The molecule has 1 aromatic rings. The summed E-state index contributed by atoms with van der Waals surface area (Å²) in [4.78, 5) is 25.6. The molecule has 0 atom stereocenters. The molecule has 6 heteroatoms. The fourth-order valence-corrected chi connectivity index (χ4v) is 2.20. The normalized spacial score (nSPS) is 11.2. The summed E-state index contributed by atoms with van der Waals surface area (Å²) in [5.74, 6) is -1.10. The Balaban J connectivity index is 2.75. The summed E-state index contributed by atoms with van der Waals surface area (Å²) < 4.78 is 13.7. The fourth-order valence-electron chi connectivity index (χ4n) is 1.97. The molecular formula is C16H22ClFN2O2. The van der Waals surface area contributed by atoms with Crippen molar-refractivity contribution in [2.45, 2.75) is 39.7 Å². The van der Waals surface area contributed by atoms with Crippen LogP contribution >= 0.6 is 11.6 Å². The molecular weight excluding hydrogens is 307 g/mol.